The van der Waals surface area contributed by atoms with Gasteiger partial charge in [-0.25, -0.2) is 4.98 Å². The number of nitrogen functional groups attached to an aromatic ring is 1. The van der Waals surface area contributed by atoms with Crippen LogP contribution in [-0.2, 0) is 11.9 Å². The van der Waals surface area contributed by atoms with E-state index in [0.717, 1.165) is 17.8 Å². The summed E-state index contributed by atoms with van der Waals surface area (Å²) in [5.74, 6) is 0.491. The van der Waals surface area contributed by atoms with Gasteiger partial charge >= 0.3 is 6.18 Å². The number of benzene rings is 1. The van der Waals surface area contributed by atoms with Crippen LogP contribution in [0.2, 0.25) is 5.02 Å². The summed E-state index contributed by atoms with van der Waals surface area (Å²) in [5, 5.41) is 1.06. The van der Waals surface area contributed by atoms with Crippen molar-refractivity contribution in [3.05, 3.63) is 52.7 Å². The van der Waals surface area contributed by atoms with E-state index >= 15 is 0 Å². The Hall–Kier alpha value is -1.40. The lowest BCUT2D eigenvalue weighted by Crippen LogP contribution is -2.05. The van der Waals surface area contributed by atoms with Crippen molar-refractivity contribution in [1.29, 1.82) is 0 Å². The Balaban J connectivity index is 2.06. The van der Waals surface area contributed by atoms with Crippen LogP contribution in [0.15, 0.2) is 41.6 Å². The topological polar surface area (TPSA) is 38.9 Å². The summed E-state index contributed by atoms with van der Waals surface area (Å²) in [7, 11) is 0. The van der Waals surface area contributed by atoms with Crippen LogP contribution in [-0.4, -0.2) is 4.98 Å². The molecule has 0 amide bonds. The summed E-state index contributed by atoms with van der Waals surface area (Å²) in [5.41, 5.74) is 6.45. The second-order valence-corrected chi connectivity index (χ2v) is 5.45. The molecule has 0 fully saturated rings. The highest BCUT2D eigenvalue weighted by Gasteiger charge is 2.30. The zero-order valence-electron chi connectivity index (χ0n) is 10.1. The second-order valence-electron chi connectivity index (χ2n) is 4.01. The predicted molar refractivity (Wildman–Crippen MR) is 74.7 cm³/mol. The first-order chi connectivity index (χ1) is 9.36. The van der Waals surface area contributed by atoms with Crippen molar-refractivity contribution in [2.24, 2.45) is 0 Å². The van der Waals surface area contributed by atoms with Crippen LogP contribution in [0.25, 0.3) is 0 Å². The van der Waals surface area contributed by atoms with Crippen molar-refractivity contribution in [2.45, 2.75) is 17.0 Å². The van der Waals surface area contributed by atoms with Crippen molar-refractivity contribution < 1.29 is 13.2 Å². The van der Waals surface area contributed by atoms with Gasteiger partial charge in [-0.2, -0.15) is 13.2 Å². The molecule has 106 valence electrons. The summed E-state index contributed by atoms with van der Waals surface area (Å²) in [4.78, 5) is 3.78. The second kappa shape index (κ2) is 5.93. The highest BCUT2D eigenvalue weighted by atomic mass is 35.5. The number of thioether (sulfide) groups is 1. The van der Waals surface area contributed by atoms with E-state index in [4.69, 9.17) is 17.3 Å². The molecule has 2 rings (SSSR count). The van der Waals surface area contributed by atoms with Crippen molar-refractivity contribution in [3.8, 4) is 0 Å². The van der Waals surface area contributed by atoms with Crippen LogP contribution in [0.3, 0.4) is 0 Å². The first kappa shape index (κ1) is 15.0. The molecule has 0 radical (unpaired) electrons. The molecule has 2 aromatic rings. The van der Waals surface area contributed by atoms with Crippen LogP contribution in [0.4, 0.5) is 18.9 Å². The molecule has 0 unspecified atom stereocenters. The average molecular weight is 319 g/mol. The average Bonchev–Trinajstić information content (AvgIpc) is 2.39. The first-order valence-corrected chi connectivity index (χ1v) is 6.92. The zero-order valence-corrected chi connectivity index (χ0v) is 11.7. The van der Waals surface area contributed by atoms with Crippen LogP contribution < -0.4 is 5.73 Å². The fourth-order valence-electron chi connectivity index (χ4n) is 1.48. The number of halogens is 4. The number of anilines is 1. The summed E-state index contributed by atoms with van der Waals surface area (Å²) >= 11 is 7.16. The molecule has 0 saturated heterocycles. The van der Waals surface area contributed by atoms with E-state index in [1.54, 1.807) is 18.2 Å². The Morgan fingerprint density at radius 2 is 1.95 bits per heavy atom. The Kier molecular flexibility index (Phi) is 4.45. The highest BCUT2D eigenvalue weighted by Crippen LogP contribution is 2.31. The standard InChI is InChI=1S/C13H10ClF3N2S/c14-10-2-3-11(18)8(5-10)7-20-12-4-1-9(6-19-12)13(15,16)17/h1-6H,7,18H2. The molecular formula is C13H10ClF3N2S. The Morgan fingerprint density at radius 1 is 1.20 bits per heavy atom. The maximum Gasteiger partial charge on any atom is 0.417 e. The number of nitrogens with zero attached hydrogens (tertiary/aromatic N) is 1. The number of alkyl halides is 3. The third-order valence-electron chi connectivity index (χ3n) is 2.54. The van der Waals surface area contributed by atoms with Crippen molar-refractivity contribution >= 4 is 29.1 Å². The Morgan fingerprint density at radius 3 is 2.55 bits per heavy atom. The third kappa shape index (κ3) is 3.80. The fourth-order valence-corrected chi connectivity index (χ4v) is 2.52. The van der Waals surface area contributed by atoms with Gasteiger partial charge in [0.2, 0.25) is 0 Å². The van der Waals surface area contributed by atoms with Gasteiger partial charge in [-0.3, -0.25) is 0 Å². The van der Waals surface area contributed by atoms with E-state index in [-0.39, 0.29) is 0 Å². The number of hydrogen-bond acceptors (Lipinski definition) is 3. The smallest absolute Gasteiger partial charge is 0.398 e. The molecule has 0 atom stereocenters. The van der Waals surface area contributed by atoms with E-state index in [1.807, 2.05) is 0 Å². The maximum atomic E-state index is 12.4. The molecule has 0 saturated carbocycles. The van der Waals surface area contributed by atoms with Crippen molar-refractivity contribution in [1.82, 2.24) is 4.98 Å². The Labute approximate surface area is 123 Å². The molecule has 7 heteroatoms. The minimum atomic E-state index is -4.37. The lowest BCUT2D eigenvalue weighted by Gasteiger charge is -2.08. The third-order valence-corrected chi connectivity index (χ3v) is 3.77. The van der Waals surface area contributed by atoms with Gasteiger partial charge in [-0.15, -0.1) is 11.8 Å². The molecule has 2 N–H and O–H groups in total. The molecular weight excluding hydrogens is 309 g/mol. The summed E-state index contributed by atoms with van der Waals surface area (Å²) < 4.78 is 37.2. The fraction of sp³-hybridized carbons (Fsp3) is 0.154. The minimum absolute atomic E-state index is 0.491. The van der Waals surface area contributed by atoms with Gasteiger partial charge in [0.1, 0.15) is 0 Å². The van der Waals surface area contributed by atoms with E-state index in [0.29, 0.717) is 21.5 Å². The molecule has 1 aromatic heterocycles. The number of aromatic nitrogens is 1. The highest BCUT2D eigenvalue weighted by molar-refractivity contribution is 7.98. The van der Waals surface area contributed by atoms with Crippen LogP contribution >= 0.6 is 23.4 Å². The molecule has 0 aliphatic heterocycles. The lowest BCUT2D eigenvalue weighted by molar-refractivity contribution is -0.137. The molecule has 1 heterocycles. The van der Waals surface area contributed by atoms with E-state index in [9.17, 15) is 13.2 Å². The van der Waals surface area contributed by atoms with Gasteiger partial charge in [-0.05, 0) is 35.9 Å². The van der Waals surface area contributed by atoms with Crippen molar-refractivity contribution in [2.75, 3.05) is 5.73 Å². The van der Waals surface area contributed by atoms with Gasteiger partial charge in [0, 0.05) is 22.7 Å². The normalized spacial score (nSPS) is 11.6. The van der Waals surface area contributed by atoms with Crippen LogP contribution in [0.5, 0.6) is 0 Å². The zero-order chi connectivity index (χ0) is 14.8. The van der Waals surface area contributed by atoms with Gasteiger partial charge in [-0.1, -0.05) is 11.6 Å². The van der Waals surface area contributed by atoms with Gasteiger partial charge in [0.05, 0.1) is 10.6 Å². The lowest BCUT2D eigenvalue weighted by atomic mass is 10.2. The molecule has 1 aromatic carbocycles. The summed E-state index contributed by atoms with van der Waals surface area (Å²) in [6, 6.07) is 7.46. The van der Waals surface area contributed by atoms with Gasteiger partial charge in [0.25, 0.3) is 0 Å². The number of rotatable bonds is 3. The maximum absolute atomic E-state index is 12.4. The van der Waals surface area contributed by atoms with E-state index < -0.39 is 11.7 Å². The summed E-state index contributed by atoms with van der Waals surface area (Å²) in [6.07, 6.45) is -3.54. The number of pyridine rings is 1. The SMILES string of the molecule is Nc1ccc(Cl)cc1CSc1ccc(C(F)(F)F)cn1. The number of hydrogen-bond donors (Lipinski definition) is 1. The molecule has 2 nitrogen and oxygen atoms in total. The van der Waals surface area contributed by atoms with E-state index in [2.05, 4.69) is 4.98 Å². The van der Waals surface area contributed by atoms with Gasteiger partial charge in [0.15, 0.2) is 0 Å². The first-order valence-electron chi connectivity index (χ1n) is 5.56. The summed E-state index contributed by atoms with van der Waals surface area (Å²) in [6.45, 7) is 0. The molecule has 20 heavy (non-hydrogen) atoms. The molecule has 0 bridgehead atoms. The molecule has 0 aliphatic rings. The van der Waals surface area contributed by atoms with E-state index in [1.165, 1.54) is 17.8 Å². The predicted octanol–water partition coefficient (Wildman–Crippen LogP) is 4.63. The molecule has 0 aliphatic carbocycles. The monoisotopic (exact) mass is 318 g/mol. The van der Waals surface area contributed by atoms with Crippen LogP contribution in [0, 0.1) is 0 Å². The number of nitrogens with two attached hydrogens (primary N) is 1. The minimum Gasteiger partial charge on any atom is -0.398 e. The Bertz CT molecular complexity index is 600. The van der Waals surface area contributed by atoms with Crippen molar-refractivity contribution in [3.63, 3.8) is 0 Å². The largest absolute Gasteiger partial charge is 0.417 e. The molecule has 0 spiro atoms. The van der Waals surface area contributed by atoms with Crippen LogP contribution in [0.1, 0.15) is 11.1 Å². The quantitative estimate of drug-likeness (QED) is 0.662. The van der Waals surface area contributed by atoms with Gasteiger partial charge < -0.3 is 5.73 Å².